The molecule has 1 aliphatic rings. The maximum atomic E-state index is 15.2. The van der Waals surface area contributed by atoms with Crippen LogP contribution in [0.25, 0.3) is 11.5 Å². The normalized spacial score (nSPS) is 14.8. The first-order valence-electron chi connectivity index (χ1n) is 9.90. The van der Waals surface area contributed by atoms with Gasteiger partial charge in [0.15, 0.2) is 0 Å². The Morgan fingerprint density at radius 2 is 1.85 bits per heavy atom. The van der Waals surface area contributed by atoms with Crippen molar-refractivity contribution in [1.82, 2.24) is 15.1 Å². The Labute approximate surface area is 185 Å². The number of rotatable bonds is 6. The van der Waals surface area contributed by atoms with Gasteiger partial charge in [-0.25, -0.2) is 8.78 Å². The van der Waals surface area contributed by atoms with Crippen LogP contribution < -0.4 is 4.90 Å². The molecule has 1 saturated heterocycles. The molecule has 2 heterocycles. The number of halogens is 4. The fourth-order valence-corrected chi connectivity index (χ4v) is 3.47. The van der Waals surface area contributed by atoms with Crippen molar-refractivity contribution in [1.29, 1.82) is 0 Å². The SMILES string of the molecule is CC(=O)N1CC(F)(C(=O)N(Cc2ccc(-c3nnc(C(F)F)o3)cc2F)c2ccccc2)C1. The topological polar surface area (TPSA) is 79.5 Å². The largest absolute Gasteiger partial charge is 0.415 e. The summed E-state index contributed by atoms with van der Waals surface area (Å²) in [6.07, 6.45) is -2.96. The van der Waals surface area contributed by atoms with Gasteiger partial charge in [-0.2, -0.15) is 8.78 Å². The third-order valence-corrected chi connectivity index (χ3v) is 5.28. The molecule has 4 rings (SSSR count). The van der Waals surface area contributed by atoms with E-state index in [4.69, 9.17) is 4.42 Å². The Kier molecular flexibility index (Phi) is 5.88. The summed E-state index contributed by atoms with van der Waals surface area (Å²) in [5, 5.41) is 6.68. The molecule has 0 N–H and O–H groups in total. The average molecular weight is 462 g/mol. The number of carbonyl (C=O) groups excluding carboxylic acids is 2. The van der Waals surface area contributed by atoms with Gasteiger partial charge in [0.2, 0.25) is 17.5 Å². The second-order valence-corrected chi connectivity index (χ2v) is 7.62. The van der Waals surface area contributed by atoms with Crippen LogP contribution >= 0.6 is 0 Å². The minimum Gasteiger partial charge on any atom is -0.415 e. The van der Waals surface area contributed by atoms with Crippen molar-refractivity contribution in [2.24, 2.45) is 0 Å². The van der Waals surface area contributed by atoms with Crippen molar-refractivity contribution in [2.75, 3.05) is 18.0 Å². The molecule has 0 atom stereocenters. The van der Waals surface area contributed by atoms with Crippen molar-refractivity contribution < 1.29 is 31.6 Å². The molecular weight excluding hydrogens is 444 g/mol. The van der Waals surface area contributed by atoms with Crippen LogP contribution in [-0.4, -0.2) is 45.7 Å². The molecule has 7 nitrogen and oxygen atoms in total. The van der Waals surface area contributed by atoms with Crippen LogP contribution in [-0.2, 0) is 16.1 Å². The fraction of sp³-hybridized carbons (Fsp3) is 0.273. The lowest BCUT2D eigenvalue weighted by molar-refractivity contribution is -0.153. The van der Waals surface area contributed by atoms with Gasteiger partial charge < -0.3 is 14.2 Å². The summed E-state index contributed by atoms with van der Waals surface area (Å²) < 4.78 is 60.3. The molecule has 1 aliphatic heterocycles. The molecule has 2 amide bonds. The Morgan fingerprint density at radius 1 is 1.15 bits per heavy atom. The molecule has 172 valence electrons. The van der Waals surface area contributed by atoms with Crippen molar-refractivity contribution in [2.45, 2.75) is 25.6 Å². The number of para-hydroxylation sites is 1. The van der Waals surface area contributed by atoms with Gasteiger partial charge in [-0.1, -0.05) is 24.3 Å². The second-order valence-electron chi connectivity index (χ2n) is 7.62. The number of amides is 2. The highest BCUT2D eigenvalue weighted by atomic mass is 19.3. The minimum atomic E-state index is -2.96. The summed E-state index contributed by atoms with van der Waals surface area (Å²) in [5.74, 6) is -3.19. The number of hydrogen-bond acceptors (Lipinski definition) is 5. The van der Waals surface area contributed by atoms with Crippen LogP contribution in [0.2, 0.25) is 0 Å². The van der Waals surface area contributed by atoms with Crippen LogP contribution in [0.15, 0.2) is 52.9 Å². The van der Waals surface area contributed by atoms with Crippen LogP contribution in [0.5, 0.6) is 0 Å². The highest BCUT2D eigenvalue weighted by Gasteiger charge is 2.53. The lowest BCUT2D eigenvalue weighted by Gasteiger charge is -2.44. The summed E-state index contributed by atoms with van der Waals surface area (Å²) in [5.41, 5.74) is -1.81. The Morgan fingerprint density at radius 3 is 2.42 bits per heavy atom. The number of anilines is 1. The first-order valence-corrected chi connectivity index (χ1v) is 9.90. The van der Waals surface area contributed by atoms with Crippen LogP contribution in [0.4, 0.5) is 23.2 Å². The average Bonchev–Trinajstić information content (AvgIpc) is 3.27. The summed E-state index contributed by atoms with van der Waals surface area (Å²) in [4.78, 5) is 26.8. The zero-order chi connectivity index (χ0) is 23.8. The molecule has 0 aliphatic carbocycles. The molecule has 1 aromatic heterocycles. The van der Waals surface area contributed by atoms with E-state index in [1.54, 1.807) is 30.3 Å². The Balaban J connectivity index is 1.60. The molecular formula is C22H18F4N4O3. The van der Waals surface area contributed by atoms with Gasteiger partial charge >= 0.3 is 6.43 Å². The van der Waals surface area contributed by atoms with Crippen molar-refractivity contribution in [3.05, 3.63) is 65.8 Å². The van der Waals surface area contributed by atoms with E-state index in [0.29, 0.717) is 5.69 Å². The molecule has 1 fully saturated rings. The van der Waals surface area contributed by atoms with Crippen LogP contribution in [0.3, 0.4) is 0 Å². The van der Waals surface area contributed by atoms with E-state index < -0.39 is 29.7 Å². The standard InChI is InChI=1S/C22H18F4N4O3/c1-13(31)29-11-22(26,12-29)21(32)30(16-5-3-2-4-6-16)10-15-8-7-14(9-17(15)23)19-27-28-20(33-19)18(24)25/h2-9,18H,10-12H2,1H3. The van der Waals surface area contributed by atoms with Crippen molar-refractivity contribution in [3.8, 4) is 11.5 Å². The predicted octanol–water partition coefficient (Wildman–Crippen LogP) is 3.92. The Hall–Kier alpha value is -3.76. The molecule has 33 heavy (non-hydrogen) atoms. The Bertz CT molecular complexity index is 1180. The van der Waals surface area contributed by atoms with Gasteiger partial charge in [0, 0.05) is 23.7 Å². The monoisotopic (exact) mass is 462 g/mol. The van der Waals surface area contributed by atoms with Crippen LogP contribution in [0, 0.1) is 5.82 Å². The quantitative estimate of drug-likeness (QED) is 0.519. The second kappa shape index (κ2) is 8.64. The van der Waals surface area contributed by atoms with E-state index in [1.165, 1.54) is 24.0 Å². The number of carbonyl (C=O) groups is 2. The minimum absolute atomic E-state index is 0.0518. The molecule has 3 aromatic rings. The maximum absolute atomic E-state index is 15.2. The number of hydrogen-bond donors (Lipinski definition) is 0. The number of nitrogens with zero attached hydrogens (tertiary/aromatic N) is 4. The third kappa shape index (κ3) is 4.43. The number of likely N-dealkylation sites (tertiary alicyclic amines) is 1. The molecule has 0 saturated carbocycles. The summed E-state index contributed by atoms with van der Waals surface area (Å²) in [7, 11) is 0. The molecule has 11 heteroatoms. The first kappa shape index (κ1) is 22.4. The fourth-order valence-electron chi connectivity index (χ4n) is 3.47. The van der Waals surface area contributed by atoms with Gasteiger partial charge in [-0.05, 0) is 24.3 Å². The lowest BCUT2D eigenvalue weighted by Crippen LogP contribution is -2.67. The zero-order valence-corrected chi connectivity index (χ0v) is 17.3. The van der Waals surface area contributed by atoms with Crippen LogP contribution in [0.1, 0.15) is 24.8 Å². The van der Waals surface area contributed by atoms with Gasteiger partial charge in [-0.15, -0.1) is 10.2 Å². The van der Waals surface area contributed by atoms with E-state index in [-0.39, 0.29) is 42.6 Å². The van der Waals surface area contributed by atoms with E-state index >= 15 is 4.39 Å². The third-order valence-electron chi connectivity index (χ3n) is 5.28. The first-order chi connectivity index (χ1) is 15.7. The predicted molar refractivity (Wildman–Crippen MR) is 108 cm³/mol. The maximum Gasteiger partial charge on any atom is 0.314 e. The molecule has 0 radical (unpaired) electrons. The van der Waals surface area contributed by atoms with Gasteiger partial charge in [0.1, 0.15) is 5.82 Å². The van der Waals surface area contributed by atoms with Gasteiger partial charge in [-0.3, -0.25) is 9.59 Å². The molecule has 0 spiro atoms. The van der Waals surface area contributed by atoms with E-state index in [9.17, 15) is 22.8 Å². The summed E-state index contributed by atoms with van der Waals surface area (Å²) >= 11 is 0. The number of benzene rings is 2. The van der Waals surface area contributed by atoms with Gasteiger partial charge in [0.05, 0.1) is 19.6 Å². The number of aromatic nitrogens is 2. The molecule has 0 bridgehead atoms. The summed E-state index contributed by atoms with van der Waals surface area (Å²) in [6.45, 7) is 0.224. The van der Waals surface area contributed by atoms with Gasteiger partial charge in [0.25, 0.3) is 11.8 Å². The number of alkyl halides is 3. The van der Waals surface area contributed by atoms with E-state index in [0.717, 1.165) is 11.0 Å². The molecule has 0 unspecified atom stereocenters. The lowest BCUT2D eigenvalue weighted by atomic mass is 9.93. The molecule has 2 aromatic carbocycles. The van der Waals surface area contributed by atoms with E-state index in [2.05, 4.69) is 10.2 Å². The van der Waals surface area contributed by atoms with E-state index in [1.807, 2.05) is 0 Å². The summed E-state index contributed by atoms with van der Waals surface area (Å²) in [6, 6.07) is 11.9. The highest BCUT2D eigenvalue weighted by Crippen LogP contribution is 2.32. The van der Waals surface area contributed by atoms with Crippen molar-refractivity contribution in [3.63, 3.8) is 0 Å². The smallest absolute Gasteiger partial charge is 0.314 e. The van der Waals surface area contributed by atoms with Crippen molar-refractivity contribution >= 4 is 17.5 Å². The zero-order valence-electron chi connectivity index (χ0n) is 17.3. The highest BCUT2D eigenvalue weighted by molar-refractivity contribution is 6.01.